The van der Waals surface area contributed by atoms with E-state index < -0.39 is 0 Å². The van der Waals surface area contributed by atoms with Crippen molar-refractivity contribution in [3.8, 4) is 0 Å². The lowest BCUT2D eigenvalue weighted by molar-refractivity contribution is -0.188. The van der Waals surface area contributed by atoms with Crippen molar-refractivity contribution >= 4 is 11.8 Å². The molecule has 1 aromatic carbocycles. The maximum atomic E-state index is 12.7. The van der Waals surface area contributed by atoms with Gasteiger partial charge in [0.1, 0.15) is 5.60 Å². The third kappa shape index (κ3) is 2.92. The van der Waals surface area contributed by atoms with Gasteiger partial charge in [0.2, 0.25) is 0 Å². The van der Waals surface area contributed by atoms with E-state index in [9.17, 15) is 9.59 Å². The smallest absolute Gasteiger partial charge is 0.309 e. The fourth-order valence-corrected chi connectivity index (χ4v) is 6.19. The van der Waals surface area contributed by atoms with Crippen molar-refractivity contribution in [1.29, 1.82) is 0 Å². The summed E-state index contributed by atoms with van der Waals surface area (Å²) in [6, 6.07) is 9.40. The molecule has 0 N–H and O–H groups in total. The summed E-state index contributed by atoms with van der Waals surface area (Å²) in [5, 5.41) is 0. The number of esters is 1. The summed E-state index contributed by atoms with van der Waals surface area (Å²) in [6.45, 7) is 0. The van der Waals surface area contributed by atoms with Crippen LogP contribution in [0.3, 0.4) is 0 Å². The molecule has 0 spiro atoms. The van der Waals surface area contributed by atoms with Crippen molar-refractivity contribution < 1.29 is 14.3 Å². The van der Waals surface area contributed by atoms with Crippen LogP contribution in [0.5, 0.6) is 0 Å². The number of carbonyl (C=O) groups excluding carboxylic acids is 2. The first-order valence-electron chi connectivity index (χ1n) is 9.91. The molecule has 25 heavy (non-hydrogen) atoms. The minimum atomic E-state index is -0.150. The predicted molar refractivity (Wildman–Crippen MR) is 94.0 cm³/mol. The van der Waals surface area contributed by atoms with Gasteiger partial charge >= 0.3 is 5.97 Å². The Morgan fingerprint density at radius 1 is 0.920 bits per heavy atom. The normalized spacial score (nSPS) is 40.7. The maximum absolute atomic E-state index is 12.7. The SMILES string of the molecule is O=C(C[C@H]1C[C@@H]1C(=O)OC12CC3CC(CC(C3)C1)C2)c1ccccc1. The highest BCUT2D eigenvalue weighted by molar-refractivity contribution is 5.96. The zero-order valence-electron chi connectivity index (χ0n) is 14.7. The molecule has 0 aromatic heterocycles. The molecule has 5 saturated carbocycles. The zero-order chi connectivity index (χ0) is 17.0. The van der Waals surface area contributed by atoms with Gasteiger partial charge in [-0.3, -0.25) is 9.59 Å². The fourth-order valence-electron chi connectivity index (χ4n) is 6.19. The summed E-state index contributed by atoms with van der Waals surface area (Å²) in [7, 11) is 0. The van der Waals surface area contributed by atoms with Crippen molar-refractivity contribution in [2.45, 2.75) is 57.0 Å². The fraction of sp³-hybridized carbons (Fsp3) is 0.636. The lowest BCUT2D eigenvalue weighted by Crippen LogP contribution is -2.53. The highest BCUT2D eigenvalue weighted by atomic mass is 16.6. The molecular weight excluding hydrogens is 312 g/mol. The summed E-state index contributed by atoms with van der Waals surface area (Å²) in [4.78, 5) is 25.0. The third-order valence-electron chi connectivity index (χ3n) is 7.07. The number of hydrogen-bond acceptors (Lipinski definition) is 3. The first kappa shape index (κ1) is 15.6. The van der Waals surface area contributed by atoms with E-state index in [1.54, 1.807) is 0 Å². The second-order valence-corrected chi connectivity index (χ2v) is 9.12. The largest absolute Gasteiger partial charge is 0.459 e. The molecule has 4 bridgehead atoms. The molecule has 0 saturated heterocycles. The van der Waals surface area contributed by atoms with Crippen molar-refractivity contribution in [1.82, 2.24) is 0 Å². The summed E-state index contributed by atoms with van der Waals surface area (Å²) in [5.74, 6) is 2.63. The quantitative estimate of drug-likeness (QED) is 0.590. The van der Waals surface area contributed by atoms with Gasteiger partial charge in [-0.2, -0.15) is 0 Å². The molecule has 132 valence electrons. The van der Waals surface area contributed by atoms with E-state index >= 15 is 0 Å². The Morgan fingerprint density at radius 3 is 2.12 bits per heavy atom. The van der Waals surface area contributed by atoms with Gasteiger partial charge in [0, 0.05) is 12.0 Å². The molecule has 0 unspecified atom stereocenters. The minimum Gasteiger partial charge on any atom is -0.459 e. The van der Waals surface area contributed by atoms with E-state index in [-0.39, 0.29) is 29.2 Å². The van der Waals surface area contributed by atoms with Gasteiger partial charge in [-0.05, 0) is 68.6 Å². The number of ether oxygens (including phenoxy) is 1. The van der Waals surface area contributed by atoms with Gasteiger partial charge in [-0.1, -0.05) is 30.3 Å². The second-order valence-electron chi connectivity index (χ2n) is 9.12. The van der Waals surface area contributed by atoms with Crippen LogP contribution in [-0.2, 0) is 9.53 Å². The molecule has 0 heterocycles. The first-order chi connectivity index (χ1) is 12.1. The molecular formula is C22H26O3. The van der Waals surface area contributed by atoms with Gasteiger partial charge in [-0.15, -0.1) is 0 Å². The van der Waals surface area contributed by atoms with Crippen molar-refractivity contribution in [3.63, 3.8) is 0 Å². The highest BCUT2D eigenvalue weighted by Crippen LogP contribution is 2.58. The molecule has 2 atom stereocenters. The van der Waals surface area contributed by atoms with Crippen LogP contribution in [0.1, 0.15) is 61.7 Å². The molecule has 5 aliphatic carbocycles. The molecule has 0 aliphatic heterocycles. The summed E-state index contributed by atoms with van der Waals surface area (Å²) in [6.07, 6.45) is 8.63. The monoisotopic (exact) mass is 338 g/mol. The van der Waals surface area contributed by atoms with Crippen LogP contribution >= 0.6 is 0 Å². The van der Waals surface area contributed by atoms with E-state index in [1.807, 2.05) is 30.3 Å². The van der Waals surface area contributed by atoms with Crippen LogP contribution in [-0.4, -0.2) is 17.4 Å². The lowest BCUT2D eigenvalue weighted by atomic mass is 9.54. The number of carbonyl (C=O) groups is 2. The minimum absolute atomic E-state index is 0.0205. The zero-order valence-corrected chi connectivity index (χ0v) is 14.7. The van der Waals surface area contributed by atoms with Gasteiger partial charge < -0.3 is 4.74 Å². The summed E-state index contributed by atoms with van der Waals surface area (Å²) in [5.41, 5.74) is 0.602. The lowest BCUT2D eigenvalue weighted by Gasteiger charge is -2.55. The first-order valence-corrected chi connectivity index (χ1v) is 9.91. The van der Waals surface area contributed by atoms with Crippen molar-refractivity contribution in [2.75, 3.05) is 0 Å². The van der Waals surface area contributed by atoms with Crippen LogP contribution in [0.25, 0.3) is 0 Å². The van der Waals surface area contributed by atoms with Crippen LogP contribution in [0.2, 0.25) is 0 Å². The van der Waals surface area contributed by atoms with Gasteiger partial charge in [0.15, 0.2) is 5.78 Å². The standard InChI is InChI=1S/C22H26O3/c23-20(17-4-2-1-3-5-17)10-18-9-19(18)21(24)25-22-11-14-6-15(12-22)8-16(7-14)13-22/h1-5,14-16,18-19H,6-13H2/t14?,15?,16?,18-,19+,22?/m1/s1. The molecule has 0 radical (unpaired) electrons. The molecule has 1 aromatic rings. The van der Waals surface area contributed by atoms with E-state index in [1.165, 1.54) is 19.3 Å². The molecule has 5 fully saturated rings. The molecule has 5 aliphatic rings. The summed E-state index contributed by atoms with van der Waals surface area (Å²) < 4.78 is 6.14. The third-order valence-corrected chi connectivity index (χ3v) is 7.07. The van der Waals surface area contributed by atoms with Gasteiger partial charge in [-0.25, -0.2) is 0 Å². The average Bonchev–Trinajstić information content (AvgIpc) is 3.33. The molecule has 3 heteroatoms. The van der Waals surface area contributed by atoms with E-state index in [4.69, 9.17) is 4.74 Å². The van der Waals surface area contributed by atoms with Crippen molar-refractivity contribution in [2.24, 2.45) is 29.6 Å². The Hall–Kier alpha value is -1.64. The number of hydrogen-bond donors (Lipinski definition) is 0. The predicted octanol–water partition coefficient (Wildman–Crippen LogP) is 4.41. The molecule has 0 amide bonds. The Kier molecular flexibility index (Phi) is 3.55. The van der Waals surface area contributed by atoms with Crippen LogP contribution < -0.4 is 0 Å². The number of rotatable bonds is 5. The van der Waals surface area contributed by atoms with Crippen LogP contribution in [0.4, 0.5) is 0 Å². The Bertz CT molecular complexity index is 657. The highest BCUT2D eigenvalue weighted by Gasteiger charge is 2.55. The summed E-state index contributed by atoms with van der Waals surface area (Å²) >= 11 is 0. The number of benzene rings is 1. The number of ketones is 1. The Labute approximate surface area is 149 Å². The van der Waals surface area contributed by atoms with Gasteiger partial charge in [0.05, 0.1) is 5.92 Å². The molecule has 6 rings (SSSR count). The van der Waals surface area contributed by atoms with Crippen molar-refractivity contribution in [3.05, 3.63) is 35.9 Å². The second kappa shape index (κ2) is 5.69. The Morgan fingerprint density at radius 2 is 1.52 bits per heavy atom. The molecule has 3 nitrogen and oxygen atoms in total. The van der Waals surface area contributed by atoms with E-state index in [2.05, 4.69) is 0 Å². The topological polar surface area (TPSA) is 43.4 Å². The van der Waals surface area contributed by atoms with E-state index in [0.717, 1.165) is 49.0 Å². The van der Waals surface area contributed by atoms with Gasteiger partial charge in [0.25, 0.3) is 0 Å². The van der Waals surface area contributed by atoms with E-state index in [0.29, 0.717) is 6.42 Å². The van der Waals surface area contributed by atoms with Crippen LogP contribution in [0, 0.1) is 29.6 Å². The maximum Gasteiger partial charge on any atom is 0.309 e. The Balaban J connectivity index is 1.19. The average molecular weight is 338 g/mol. The van der Waals surface area contributed by atoms with Crippen LogP contribution in [0.15, 0.2) is 30.3 Å². The number of Topliss-reactive ketones (excluding diaryl/α,β-unsaturated/α-hetero) is 1.